The third-order valence-electron chi connectivity index (χ3n) is 4.59. The summed E-state index contributed by atoms with van der Waals surface area (Å²) in [5.74, 6) is 0. The highest BCUT2D eigenvalue weighted by atomic mass is 14.1. The van der Waals surface area contributed by atoms with Crippen molar-refractivity contribution in [3.05, 3.63) is 90.5 Å². The van der Waals surface area contributed by atoms with Crippen LogP contribution < -0.4 is 0 Å². The quantitative estimate of drug-likeness (QED) is 0.291. The molecule has 1 aliphatic rings. The van der Waals surface area contributed by atoms with E-state index in [9.17, 15) is 0 Å². The van der Waals surface area contributed by atoms with Gasteiger partial charge in [0.1, 0.15) is 0 Å². The van der Waals surface area contributed by atoms with Crippen molar-refractivity contribution < 1.29 is 0 Å². The second kappa shape index (κ2) is 4.32. The van der Waals surface area contributed by atoms with Gasteiger partial charge >= 0.3 is 0 Å². The molecule has 1 aliphatic carbocycles. The summed E-state index contributed by atoms with van der Waals surface area (Å²) < 4.78 is 0. The second-order valence-electron chi connectivity index (χ2n) is 5.87. The van der Waals surface area contributed by atoms with E-state index in [-0.39, 0.29) is 0 Å². The lowest BCUT2D eigenvalue weighted by atomic mass is 9.90. The fourth-order valence-electron chi connectivity index (χ4n) is 3.41. The summed E-state index contributed by atoms with van der Waals surface area (Å²) >= 11 is 0. The number of hydrogen-bond acceptors (Lipinski definition) is 0. The Morgan fingerprint density at radius 2 is 1.32 bits per heavy atom. The maximum atomic E-state index is 2.33. The van der Waals surface area contributed by atoms with Gasteiger partial charge in [-0.15, -0.1) is 0 Å². The number of rotatable bonds is 1. The van der Waals surface area contributed by atoms with Gasteiger partial charge in [0, 0.05) is 0 Å². The first-order chi connectivity index (χ1) is 10.9. The van der Waals surface area contributed by atoms with Gasteiger partial charge in [-0.3, -0.25) is 0 Å². The van der Waals surface area contributed by atoms with E-state index >= 15 is 0 Å². The van der Waals surface area contributed by atoms with E-state index < -0.39 is 0 Å². The molecule has 0 bridgehead atoms. The van der Waals surface area contributed by atoms with Gasteiger partial charge < -0.3 is 0 Å². The van der Waals surface area contributed by atoms with E-state index in [0.717, 1.165) is 0 Å². The summed E-state index contributed by atoms with van der Waals surface area (Å²) in [7, 11) is 0. The number of fused-ring (bicyclic) bond motifs is 4. The molecule has 0 aromatic heterocycles. The summed E-state index contributed by atoms with van der Waals surface area (Å²) in [6.45, 7) is 0. The topological polar surface area (TPSA) is 0 Å². The lowest BCUT2D eigenvalue weighted by Gasteiger charge is -2.14. The predicted molar refractivity (Wildman–Crippen MR) is 96.1 cm³/mol. The Labute approximate surface area is 129 Å². The fourth-order valence-corrected chi connectivity index (χ4v) is 3.41. The average Bonchev–Trinajstić information content (AvgIpc) is 2.51. The van der Waals surface area contributed by atoms with Crippen LogP contribution in [0.2, 0.25) is 0 Å². The molecule has 0 unspecified atom stereocenters. The summed E-state index contributed by atoms with van der Waals surface area (Å²) in [6, 6.07) is 24.3. The van der Waals surface area contributed by atoms with Crippen LogP contribution in [0.3, 0.4) is 0 Å². The van der Waals surface area contributed by atoms with Crippen molar-refractivity contribution in [1.29, 1.82) is 0 Å². The number of hydrogen-bond donors (Lipinski definition) is 0. The van der Waals surface area contributed by atoms with Crippen LogP contribution in [0.4, 0.5) is 0 Å². The first-order valence-corrected chi connectivity index (χ1v) is 7.63. The zero-order valence-corrected chi connectivity index (χ0v) is 12.1. The number of allylic oxidation sites excluding steroid dienone is 4. The highest BCUT2D eigenvalue weighted by Gasteiger charge is 2.10. The van der Waals surface area contributed by atoms with Gasteiger partial charge in [0.2, 0.25) is 0 Å². The van der Waals surface area contributed by atoms with Gasteiger partial charge in [0.05, 0.1) is 0 Å². The molecule has 0 heteroatoms. The van der Waals surface area contributed by atoms with Gasteiger partial charge in [-0.05, 0) is 55.6 Å². The van der Waals surface area contributed by atoms with E-state index in [1.165, 1.54) is 43.5 Å². The zero-order chi connectivity index (χ0) is 14.5. The highest BCUT2D eigenvalue weighted by Crippen LogP contribution is 2.36. The van der Waals surface area contributed by atoms with Crippen molar-refractivity contribution >= 4 is 37.9 Å². The third kappa shape index (κ3) is 1.58. The first kappa shape index (κ1) is 11.8. The van der Waals surface area contributed by atoms with Gasteiger partial charge in [0.25, 0.3) is 0 Å². The standard InChI is InChI=1S/C22H14/c1-2-6-18-14-21-19(13-17(18)5-1)12-11-16-9-4-10-20(22(16)21)15-7-3-8-15/h1-14H. The smallest absolute Gasteiger partial charge is 0.00266 e. The summed E-state index contributed by atoms with van der Waals surface area (Å²) in [5, 5.41) is 7.92. The molecule has 0 N–H and O–H groups in total. The summed E-state index contributed by atoms with van der Waals surface area (Å²) in [4.78, 5) is 0. The first-order valence-electron chi connectivity index (χ1n) is 7.63. The normalized spacial score (nSPS) is 13.5. The molecule has 5 rings (SSSR count). The van der Waals surface area contributed by atoms with Gasteiger partial charge in [-0.2, -0.15) is 0 Å². The monoisotopic (exact) mass is 278 g/mol. The van der Waals surface area contributed by atoms with Crippen LogP contribution in [0.25, 0.3) is 37.9 Å². The SMILES string of the molecule is C1=CC(c2cccc3ccc4cc5ccccc5cc4c23)=C1. The predicted octanol–water partition coefficient (Wildman–Crippen LogP) is 6.10. The molecule has 0 aliphatic heterocycles. The average molecular weight is 278 g/mol. The number of benzene rings is 4. The van der Waals surface area contributed by atoms with Crippen LogP contribution in [0.15, 0.2) is 85.0 Å². The van der Waals surface area contributed by atoms with E-state index in [0.29, 0.717) is 0 Å². The molecule has 0 fully saturated rings. The Morgan fingerprint density at radius 1 is 0.591 bits per heavy atom. The minimum absolute atomic E-state index is 1.30. The Balaban J connectivity index is 1.99. The third-order valence-corrected chi connectivity index (χ3v) is 4.59. The van der Waals surface area contributed by atoms with E-state index in [2.05, 4.69) is 85.0 Å². The Hall–Kier alpha value is -2.86. The molecule has 4 aromatic rings. The van der Waals surface area contributed by atoms with Crippen molar-refractivity contribution in [2.45, 2.75) is 0 Å². The molecular weight excluding hydrogens is 264 g/mol. The second-order valence-corrected chi connectivity index (χ2v) is 5.87. The lowest BCUT2D eigenvalue weighted by Crippen LogP contribution is -1.90. The molecule has 102 valence electrons. The molecule has 0 saturated heterocycles. The van der Waals surface area contributed by atoms with E-state index in [1.807, 2.05) is 0 Å². The molecule has 4 aromatic carbocycles. The molecule has 0 amide bonds. The van der Waals surface area contributed by atoms with Crippen molar-refractivity contribution in [3.8, 4) is 0 Å². The molecule has 0 saturated carbocycles. The van der Waals surface area contributed by atoms with Gasteiger partial charge in [0.15, 0.2) is 0 Å². The molecule has 0 nitrogen and oxygen atoms in total. The minimum atomic E-state index is 1.30. The summed E-state index contributed by atoms with van der Waals surface area (Å²) in [6.07, 6.45) is 6.48. The molecule has 0 spiro atoms. The Kier molecular flexibility index (Phi) is 2.31. The van der Waals surface area contributed by atoms with Crippen molar-refractivity contribution in [3.63, 3.8) is 0 Å². The van der Waals surface area contributed by atoms with Gasteiger partial charge in [-0.1, -0.05) is 72.8 Å². The van der Waals surface area contributed by atoms with Crippen LogP contribution >= 0.6 is 0 Å². The van der Waals surface area contributed by atoms with Crippen molar-refractivity contribution in [2.24, 2.45) is 0 Å². The Morgan fingerprint density at radius 3 is 2.09 bits per heavy atom. The van der Waals surface area contributed by atoms with Crippen molar-refractivity contribution in [2.75, 3.05) is 0 Å². The zero-order valence-electron chi connectivity index (χ0n) is 12.1. The molecular formula is C22H14. The van der Waals surface area contributed by atoms with E-state index in [4.69, 9.17) is 0 Å². The van der Waals surface area contributed by atoms with Crippen LogP contribution in [0.1, 0.15) is 5.56 Å². The maximum Gasteiger partial charge on any atom is -0.00266 e. The Bertz CT molecular complexity index is 1110. The van der Waals surface area contributed by atoms with Crippen LogP contribution in [-0.4, -0.2) is 0 Å². The fraction of sp³-hybridized carbons (Fsp3) is 0. The summed E-state index contributed by atoms with van der Waals surface area (Å²) in [5.41, 5.74) is 2.66. The van der Waals surface area contributed by atoms with Crippen LogP contribution in [0, 0.1) is 0 Å². The van der Waals surface area contributed by atoms with E-state index in [1.54, 1.807) is 0 Å². The highest BCUT2D eigenvalue weighted by molar-refractivity contribution is 6.16. The maximum absolute atomic E-state index is 2.33. The van der Waals surface area contributed by atoms with Crippen LogP contribution in [-0.2, 0) is 0 Å². The minimum Gasteiger partial charge on any atom is -0.0616 e. The van der Waals surface area contributed by atoms with Crippen LogP contribution in [0.5, 0.6) is 0 Å². The largest absolute Gasteiger partial charge is 0.0616 e. The molecule has 22 heavy (non-hydrogen) atoms. The molecule has 0 heterocycles. The lowest BCUT2D eigenvalue weighted by molar-refractivity contribution is 1.66. The van der Waals surface area contributed by atoms with Gasteiger partial charge in [-0.25, -0.2) is 0 Å². The molecule has 0 radical (unpaired) electrons. The molecule has 0 atom stereocenters. The van der Waals surface area contributed by atoms with Crippen molar-refractivity contribution in [1.82, 2.24) is 0 Å².